The molecular weight excluding hydrogens is 308 g/mol. The highest BCUT2D eigenvalue weighted by molar-refractivity contribution is 6.27. The van der Waals surface area contributed by atoms with Gasteiger partial charge < -0.3 is 9.64 Å². The summed E-state index contributed by atoms with van der Waals surface area (Å²) >= 11 is 0. The average molecular weight is 318 g/mol. The largest absolute Gasteiger partial charge is 0.403 e. The summed E-state index contributed by atoms with van der Waals surface area (Å²) in [6.07, 6.45) is 0. The van der Waals surface area contributed by atoms with Crippen molar-refractivity contribution in [3.05, 3.63) is 71.2 Å². The van der Waals surface area contributed by atoms with E-state index in [4.69, 9.17) is 4.74 Å². The lowest BCUT2D eigenvalue weighted by Crippen LogP contribution is -2.49. The summed E-state index contributed by atoms with van der Waals surface area (Å²) in [4.78, 5) is 40.7. The van der Waals surface area contributed by atoms with Gasteiger partial charge >= 0.3 is 5.97 Å². The molecule has 116 valence electrons. The Morgan fingerprint density at radius 1 is 0.833 bits per heavy atom. The number of hydrogen-bond acceptors (Lipinski definition) is 5. The summed E-state index contributed by atoms with van der Waals surface area (Å²) in [7, 11) is 0. The van der Waals surface area contributed by atoms with Crippen molar-refractivity contribution in [2.24, 2.45) is 0 Å². The Bertz CT molecular complexity index is 992. The van der Waals surface area contributed by atoms with Crippen molar-refractivity contribution >= 4 is 29.0 Å². The molecule has 0 saturated heterocycles. The molecule has 2 aromatic carbocycles. The fourth-order valence-electron chi connectivity index (χ4n) is 3.39. The van der Waals surface area contributed by atoms with Crippen molar-refractivity contribution < 1.29 is 19.1 Å². The van der Waals surface area contributed by atoms with Crippen molar-refractivity contribution in [2.45, 2.75) is 0 Å². The number of anilines is 2. The van der Waals surface area contributed by atoms with E-state index in [0.29, 0.717) is 22.5 Å². The molecule has 3 aliphatic heterocycles. The molecule has 1 amide bonds. The molecule has 6 heteroatoms. The van der Waals surface area contributed by atoms with Crippen LogP contribution in [0.25, 0.3) is 0 Å². The standard InChI is InChI=1S/C18H10N2O4/c21-14-9-19-12-7-3-2-6-11(12)18(23)24-17(19)15-16(22)10-5-1-4-8-13(10)20(14)15/h1-8H,9H2. The number of fused-ring (bicyclic) bond motifs is 6. The molecule has 0 fully saturated rings. The smallest absolute Gasteiger partial charge is 0.347 e. The van der Waals surface area contributed by atoms with Gasteiger partial charge in [-0.15, -0.1) is 0 Å². The molecule has 2 aromatic rings. The molecule has 0 saturated carbocycles. The zero-order valence-corrected chi connectivity index (χ0v) is 12.4. The van der Waals surface area contributed by atoms with Gasteiger partial charge in [0.15, 0.2) is 5.70 Å². The zero-order valence-electron chi connectivity index (χ0n) is 12.4. The summed E-state index contributed by atoms with van der Waals surface area (Å²) < 4.78 is 5.43. The molecule has 0 aromatic heterocycles. The predicted molar refractivity (Wildman–Crippen MR) is 84.5 cm³/mol. The van der Waals surface area contributed by atoms with Crippen molar-refractivity contribution in [3.8, 4) is 0 Å². The second-order valence-electron chi connectivity index (χ2n) is 5.72. The summed E-state index contributed by atoms with van der Waals surface area (Å²) in [5.74, 6) is -0.951. The van der Waals surface area contributed by atoms with E-state index >= 15 is 0 Å². The fraction of sp³-hybridized carbons (Fsp3) is 0.0556. The first-order valence-corrected chi connectivity index (χ1v) is 7.46. The Morgan fingerprint density at radius 2 is 1.50 bits per heavy atom. The third kappa shape index (κ3) is 1.47. The van der Waals surface area contributed by atoms with E-state index in [0.717, 1.165) is 0 Å². The van der Waals surface area contributed by atoms with Crippen LogP contribution in [0.15, 0.2) is 60.1 Å². The second-order valence-corrected chi connectivity index (χ2v) is 5.72. The Labute approximate surface area is 136 Å². The topological polar surface area (TPSA) is 66.9 Å². The van der Waals surface area contributed by atoms with E-state index in [2.05, 4.69) is 0 Å². The lowest BCUT2D eigenvalue weighted by Gasteiger charge is -2.37. The lowest BCUT2D eigenvalue weighted by molar-refractivity contribution is -0.117. The van der Waals surface area contributed by atoms with Gasteiger partial charge in [-0.2, -0.15) is 0 Å². The van der Waals surface area contributed by atoms with Crippen molar-refractivity contribution in [2.75, 3.05) is 16.3 Å². The number of allylic oxidation sites excluding steroid dienone is 1. The number of hydrogen-bond donors (Lipinski definition) is 0. The van der Waals surface area contributed by atoms with Crippen LogP contribution in [0.1, 0.15) is 20.7 Å². The molecule has 0 radical (unpaired) electrons. The lowest BCUT2D eigenvalue weighted by atomic mass is 10.1. The highest BCUT2D eigenvalue weighted by Crippen LogP contribution is 2.42. The number of rotatable bonds is 0. The number of ether oxygens (including phenoxy) is 1. The SMILES string of the molecule is O=C1OC2=C3C(=O)c4ccccc4N3C(=O)CN2c2ccccc21. The normalized spacial score (nSPS) is 18.1. The van der Waals surface area contributed by atoms with Gasteiger partial charge in [0.05, 0.1) is 16.9 Å². The molecule has 3 heterocycles. The molecule has 24 heavy (non-hydrogen) atoms. The molecule has 0 spiro atoms. The van der Waals surface area contributed by atoms with Crippen LogP contribution < -0.4 is 9.80 Å². The summed E-state index contributed by atoms with van der Waals surface area (Å²) in [5.41, 5.74) is 2.03. The predicted octanol–water partition coefficient (Wildman–Crippen LogP) is 2.08. The van der Waals surface area contributed by atoms with E-state index in [1.807, 2.05) is 0 Å². The molecule has 0 bridgehead atoms. The highest BCUT2D eigenvalue weighted by Gasteiger charge is 2.47. The molecule has 3 aliphatic rings. The van der Waals surface area contributed by atoms with Gasteiger partial charge in [-0.1, -0.05) is 24.3 Å². The van der Waals surface area contributed by atoms with Crippen molar-refractivity contribution in [3.63, 3.8) is 0 Å². The van der Waals surface area contributed by atoms with Crippen LogP contribution in [-0.2, 0) is 9.53 Å². The van der Waals surface area contributed by atoms with E-state index < -0.39 is 5.97 Å². The maximum absolute atomic E-state index is 12.8. The maximum atomic E-state index is 12.8. The average Bonchev–Trinajstić information content (AvgIpc) is 2.91. The maximum Gasteiger partial charge on any atom is 0.347 e. The van der Waals surface area contributed by atoms with E-state index in [-0.39, 0.29) is 29.8 Å². The number of para-hydroxylation sites is 2. The number of Topliss-reactive ketones (excluding diaryl/α,β-unsaturated/α-hetero) is 1. The number of ketones is 1. The van der Waals surface area contributed by atoms with Crippen LogP contribution >= 0.6 is 0 Å². The summed E-state index contributed by atoms with van der Waals surface area (Å²) in [6.45, 7) is 0.00470. The second kappa shape index (κ2) is 4.32. The van der Waals surface area contributed by atoms with Crippen LogP contribution in [0.2, 0.25) is 0 Å². The molecule has 0 atom stereocenters. The Hall–Kier alpha value is -3.41. The number of carbonyl (C=O) groups excluding carboxylic acids is 3. The Kier molecular flexibility index (Phi) is 2.35. The number of carbonyl (C=O) groups is 3. The summed E-state index contributed by atoms with van der Waals surface area (Å²) in [5, 5.41) is 0. The molecule has 0 unspecified atom stereocenters. The minimum absolute atomic E-state index is 0.00470. The van der Waals surface area contributed by atoms with Crippen LogP contribution in [0.5, 0.6) is 0 Å². The van der Waals surface area contributed by atoms with Gasteiger partial charge in [0.1, 0.15) is 6.54 Å². The van der Waals surface area contributed by atoms with Gasteiger partial charge in [0.2, 0.25) is 11.7 Å². The van der Waals surface area contributed by atoms with Crippen molar-refractivity contribution in [1.82, 2.24) is 0 Å². The van der Waals surface area contributed by atoms with Gasteiger partial charge in [-0.3, -0.25) is 14.5 Å². The number of nitrogens with zero attached hydrogens (tertiary/aromatic N) is 2. The van der Waals surface area contributed by atoms with Gasteiger partial charge in [0, 0.05) is 5.56 Å². The summed E-state index contributed by atoms with van der Waals surface area (Å²) in [6, 6.07) is 13.8. The Balaban J connectivity index is 1.79. The zero-order chi connectivity index (χ0) is 16.4. The number of amides is 1. The van der Waals surface area contributed by atoms with Gasteiger partial charge in [-0.05, 0) is 24.3 Å². The van der Waals surface area contributed by atoms with E-state index in [1.54, 1.807) is 53.4 Å². The van der Waals surface area contributed by atoms with E-state index in [9.17, 15) is 14.4 Å². The minimum Gasteiger partial charge on any atom is -0.403 e. The first-order valence-electron chi connectivity index (χ1n) is 7.46. The minimum atomic E-state index is -0.526. The highest BCUT2D eigenvalue weighted by atomic mass is 16.6. The van der Waals surface area contributed by atoms with Crippen molar-refractivity contribution in [1.29, 1.82) is 0 Å². The monoisotopic (exact) mass is 318 g/mol. The Morgan fingerprint density at radius 3 is 2.29 bits per heavy atom. The quantitative estimate of drug-likeness (QED) is 0.696. The van der Waals surface area contributed by atoms with Crippen LogP contribution in [0, 0.1) is 0 Å². The van der Waals surface area contributed by atoms with Crippen LogP contribution in [0.4, 0.5) is 11.4 Å². The third-order valence-electron chi connectivity index (χ3n) is 4.42. The first kappa shape index (κ1) is 13.1. The molecule has 0 N–H and O–H groups in total. The molecule has 6 nitrogen and oxygen atoms in total. The first-order chi connectivity index (χ1) is 11.7. The van der Waals surface area contributed by atoms with Crippen LogP contribution in [0.3, 0.4) is 0 Å². The third-order valence-corrected chi connectivity index (χ3v) is 4.42. The van der Waals surface area contributed by atoms with Gasteiger partial charge in [0.25, 0.3) is 5.91 Å². The molecular formula is C18H10N2O4. The molecule has 0 aliphatic carbocycles. The number of benzene rings is 2. The van der Waals surface area contributed by atoms with Crippen LogP contribution in [-0.4, -0.2) is 24.2 Å². The fourth-order valence-corrected chi connectivity index (χ4v) is 3.39. The van der Waals surface area contributed by atoms with E-state index in [1.165, 1.54) is 4.90 Å². The number of esters is 1. The van der Waals surface area contributed by atoms with Gasteiger partial charge in [-0.25, -0.2) is 4.79 Å². The molecule has 5 rings (SSSR count).